The van der Waals surface area contributed by atoms with E-state index in [2.05, 4.69) is 10.6 Å². The molecule has 0 aromatic rings. The number of aliphatic carboxylic acids is 1. The third kappa shape index (κ3) is 9.02. The van der Waals surface area contributed by atoms with Crippen molar-refractivity contribution in [2.75, 3.05) is 0 Å². The number of carboxylic acid groups (broad SMARTS) is 1. The first-order chi connectivity index (χ1) is 10.3. The summed E-state index contributed by atoms with van der Waals surface area (Å²) in [6.07, 6.45) is -2.12. The molecule has 0 rings (SSSR count). The van der Waals surface area contributed by atoms with Crippen molar-refractivity contribution in [3.05, 3.63) is 0 Å². The van der Waals surface area contributed by atoms with Gasteiger partial charge in [0.1, 0.15) is 11.6 Å². The molecule has 0 fully saturated rings. The topological polar surface area (TPSA) is 125 Å². The number of hydrogen-bond acceptors (Lipinski definition) is 5. The molecular weight excluding hydrogens is 304 g/mol. The molecule has 134 valence electrons. The van der Waals surface area contributed by atoms with E-state index in [0.29, 0.717) is 0 Å². The zero-order chi connectivity index (χ0) is 18.4. The van der Waals surface area contributed by atoms with Crippen molar-refractivity contribution in [2.45, 2.75) is 71.8 Å². The molecule has 3 atom stereocenters. The number of aliphatic hydroxyl groups is 1. The van der Waals surface area contributed by atoms with Gasteiger partial charge in [0.25, 0.3) is 5.91 Å². The Morgan fingerprint density at radius 2 is 1.61 bits per heavy atom. The Balaban J connectivity index is 4.62. The Morgan fingerprint density at radius 1 is 1.09 bits per heavy atom. The summed E-state index contributed by atoms with van der Waals surface area (Å²) >= 11 is 0. The number of rotatable bonds is 7. The van der Waals surface area contributed by atoms with Crippen molar-refractivity contribution in [1.29, 1.82) is 0 Å². The van der Waals surface area contributed by atoms with Gasteiger partial charge in [-0.05, 0) is 40.0 Å². The highest BCUT2D eigenvalue weighted by Crippen LogP contribution is 2.08. The molecule has 8 nitrogen and oxygen atoms in total. The van der Waals surface area contributed by atoms with Gasteiger partial charge in [0.05, 0.1) is 6.04 Å². The first-order valence-corrected chi connectivity index (χ1v) is 7.54. The maximum atomic E-state index is 11.9. The predicted molar refractivity (Wildman–Crippen MR) is 83.9 cm³/mol. The quantitative estimate of drug-likeness (QED) is 0.548. The lowest BCUT2D eigenvalue weighted by Gasteiger charge is -2.25. The highest BCUT2D eigenvalue weighted by atomic mass is 16.6. The van der Waals surface area contributed by atoms with Crippen LogP contribution in [-0.2, 0) is 14.3 Å². The van der Waals surface area contributed by atoms with Gasteiger partial charge in [-0.3, -0.25) is 4.79 Å². The Morgan fingerprint density at radius 3 is 2.00 bits per heavy atom. The van der Waals surface area contributed by atoms with Gasteiger partial charge < -0.3 is 25.6 Å². The minimum Gasteiger partial charge on any atom is -0.480 e. The van der Waals surface area contributed by atoms with Crippen LogP contribution < -0.4 is 10.6 Å². The fraction of sp³-hybridized carbons (Fsp3) is 0.800. The van der Waals surface area contributed by atoms with Crippen LogP contribution >= 0.6 is 0 Å². The van der Waals surface area contributed by atoms with Crippen molar-refractivity contribution in [3.8, 4) is 0 Å². The van der Waals surface area contributed by atoms with Crippen molar-refractivity contribution in [2.24, 2.45) is 5.92 Å². The van der Waals surface area contributed by atoms with E-state index in [4.69, 9.17) is 9.84 Å². The summed E-state index contributed by atoms with van der Waals surface area (Å²) in [7, 11) is 0. The van der Waals surface area contributed by atoms with E-state index in [9.17, 15) is 19.5 Å². The Hall–Kier alpha value is -1.83. The van der Waals surface area contributed by atoms with E-state index in [1.807, 2.05) is 13.8 Å². The molecule has 1 unspecified atom stereocenters. The second-order valence-electron chi connectivity index (χ2n) is 6.91. The molecule has 0 aliphatic heterocycles. The number of amides is 2. The molecule has 4 N–H and O–H groups in total. The minimum atomic E-state index is -1.59. The molecule has 0 aromatic carbocycles. The summed E-state index contributed by atoms with van der Waals surface area (Å²) in [6, 6.07) is -2.02. The molecule has 0 radical (unpaired) electrons. The van der Waals surface area contributed by atoms with Gasteiger partial charge in [0, 0.05) is 0 Å². The monoisotopic (exact) mass is 332 g/mol. The molecule has 2 amide bonds. The van der Waals surface area contributed by atoms with Gasteiger partial charge in [0.15, 0.2) is 6.10 Å². The zero-order valence-electron chi connectivity index (χ0n) is 14.5. The maximum absolute atomic E-state index is 11.9. The lowest BCUT2D eigenvalue weighted by Crippen LogP contribution is -2.53. The Bertz CT molecular complexity index is 430. The van der Waals surface area contributed by atoms with Crippen LogP contribution in [0.15, 0.2) is 0 Å². The molecule has 0 heterocycles. The molecule has 8 heteroatoms. The SMILES string of the molecule is CC(C)C[C@H](NC(=O)C(O)[C@H](C)NC(=O)OC(C)(C)C)C(=O)O. The molecule has 0 aliphatic carbocycles. The lowest BCUT2D eigenvalue weighted by atomic mass is 10.0. The van der Waals surface area contributed by atoms with Crippen LogP contribution in [0.4, 0.5) is 4.79 Å². The zero-order valence-corrected chi connectivity index (χ0v) is 14.5. The van der Waals surface area contributed by atoms with E-state index >= 15 is 0 Å². The van der Waals surface area contributed by atoms with Crippen molar-refractivity contribution in [3.63, 3.8) is 0 Å². The fourth-order valence-corrected chi connectivity index (χ4v) is 1.75. The third-order valence-corrected chi connectivity index (χ3v) is 2.81. The largest absolute Gasteiger partial charge is 0.480 e. The van der Waals surface area contributed by atoms with Gasteiger partial charge in [0.2, 0.25) is 0 Å². The summed E-state index contributed by atoms with van der Waals surface area (Å²) in [4.78, 5) is 34.6. The van der Waals surface area contributed by atoms with Crippen LogP contribution in [0.25, 0.3) is 0 Å². The van der Waals surface area contributed by atoms with E-state index < -0.39 is 41.8 Å². The molecule has 0 aromatic heterocycles. The van der Waals surface area contributed by atoms with Gasteiger partial charge in [-0.2, -0.15) is 0 Å². The van der Waals surface area contributed by atoms with E-state index in [1.54, 1.807) is 20.8 Å². The maximum Gasteiger partial charge on any atom is 0.407 e. The van der Waals surface area contributed by atoms with Crippen molar-refractivity contribution < 1.29 is 29.3 Å². The average Bonchev–Trinajstić information content (AvgIpc) is 2.33. The lowest BCUT2D eigenvalue weighted by molar-refractivity contribution is -0.144. The standard InChI is InChI=1S/C15H28N2O6/c1-8(2)7-10(13(20)21)17-12(19)11(18)9(3)16-14(22)23-15(4,5)6/h8-11,18H,7H2,1-6H3,(H,16,22)(H,17,19)(H,20,21)/t9-,10-,11?/m0/s1. The first-order valence-electron chi connectivity index (χ1n) is 7.54. The Labute approximate surface area is 136 Å². The van der Waals surface area contributed by atoms with Crippen LogP contribution in [0, 0.1) is 5.92 Å². The van der Waals surface area contributed by atoms with E-state index in [1.165, 1.54) is 6.92 Å². The summed E-state index contributed by atoms with van der Waals surface area (Å²) < 4.78 is 5.02. The number of aliphatic hydroxyl groups excluding tert-OH is 1. The summed E-state index contributed by atoms with van der Waals surface area (Å²) in [6.45, 7) is 10.1. The second-order valence-corrected chi connectivity index (χ2v) is 6.91. The van der Waals surface area contributed by atoms with Crippen LogP contribution in [-0.4, -0.2) is 52.0 Å². The molecule has 0 saturated carbocycles. The molecule has 23 heavy (non-hydrogen) atoms. The molecule has 0 spiro atoms. The van der Waals surface area contributed by atoms with E-state index in [-0.39, 0.29) is 12.3 Å². The number of nitrogens with one attached hydrogen (secondary N) is 2. The normalized spacial score (nSPS) is 15.5. The molecule has 0 bridgehead atoms. The van der Waals surface area contributed by atoms with Crippen LogP contribution in [0.1, 0.15) is 48.0 Å². The van der Waals surface area contributed by atoms with Crippen LogP contribution in [0.2, 0.25) is 0 Å². The summed E-state index contributed by atoms with van der Waals surface area (Å²) in [5, 5.41) is 23.6. The summed E-state index contributed by atoms with van der Waals surface area (Å²) in [5.74, 6) is -1.97. The van der Waals surface area contributed by atoms with Crippen molar-refractivity contribution in [1.82, 2.24) is 10.6 Å². The number of hydrogen-bond donors (Lipinski definition) is 4. The first kappa shape index (κ1) is 21.2. The number of alkyl carbamates (subject to hydrolysis) is 1. The number of ether oxygens (including phenoxy) is 1. The highest BCUT2D eigenvalue weighted by molar-refractivity contribution is 5.87. The molecule has 0 saturated heterocycles. The second kappa shape index (κ2) is 8.71. The van der Waals surface area contributed by atoms with Crippen LogP contribution in [0.5, 0.6) is 0 Å². The smallest absolute Gasteiger partial charge is 0.407 e. The van der Waals surface area contributed by atoms with E-state index in [0.717, 1.165) is 0 Å². The predicted octanol–water partition coefficient (Wildman–Crippen LogP) is 0.876. The van der Waals surface area contributed by atoms with Gasteiger partial charge in [-0.15, -0.1) is 0 Å². The number of carbonyl (C=O) groups excluding carboxylic acids is 2. The van der Waals surface area contributed by atoms with Crippen LogP contribution in [0.3, 0.4) is 0 Å². The minimum absolute atomic E-state index is 0.0610. The number of carboxylic acids is 1. The Kier molecular flexibility index (Phi) is 8.02. The van der Waals surface area contributed by atoms with Gasteiger partial charge in [-0.25, -0.2) is 9.59 Å². The molecular formula is C15H28N2O6. The van der Waals surface area contributed by atoms with Crippen molar-refractivity contribution >= 4 is 18.0 Å². The highest BCUT2D eigenvalue weighted by Gasteiger charge is 2.29. The molecule has 0 aliphatic rings. The number of carbonyl (C=O) groups is 3. The third-order valence-electron chi connectivity index (χ3n) is 2.81. The average molecular weight is 332 g/mol. The summed E-state index contributed by atoms with van der Waals surface area (Å²) in [5.41, 5.74) is -0.706. The van der Waals surface area contributed by atoms with Gasteiger partial charge >= 0.3 is 12.1 Å². The fourth-order valence-electron chi connectivity index (χ4n) is 1.75. The van der Waals surface area contributed by atoms with Gasteiger partial charge in [-0.1, -0.05) is 13.8 Å².